The SMILES string of the molecule is Clc1ccc(C#Cc2ccc(-c3ccccc3)s2)cc1. The summed E-state index contributed by atoms with van der Waals surface area (Å²) >= 11 is 7.56. The maximum atomic E-state index is 5.85. The Kier molecular flexibility index (Phi) is 3.87. The molecule has 3 rings (SSSR count). The zero-order chi connectivity index (χ0) is 13.8. The minimum Gasteiger partial charge on any atom is -0.127 e. The van der Waals surface area contributed by atoms with E-state index in [-0.39, 0.29) is 0 Å². The lowest BCUT2D eigenvalue weighted by Crippen LogP contribution is -1.72. The Hall–Kier alpha value is -2.01. The average Bonchev–Trinajstić information content (AvgIpc) is 2.97. The third kappa shape index (κ3) is 3.11. The molecule has 3 aromatic rings. The van der Waals surface area contributed by atoms with Gasteiger partial charge in [-0.15, -0.1) is 11.3 Å². The Labute approximate surface area is 127 Å². The summed E-state index contributed by atoms with van der Waals surface area (Å²) < 4.78 is 0. The molecule has 0 atom stereocenters. The fourth-order valence-electron chi connectivity index (χ4n) is 1.83. The van der Waals surface area contributed by atoms with E-state index in [4.69, 9.17) is 11.6 Å². The Morgan fingerprint density at radius 1 is 0.750 bits per heavy atom. The zero-order valence-electron chi connectivity index (χ0n) is 10.6. The second-order valence-corrected chi connectivity index (χ2v) is 5.81. The van der Waals surface area contributed by atoms with Crippen LogP contribution in [-0.2, 0) is 0 Å². The lowest BCUT2D eigenvalue weighted by Gasteiger charge is -1.93. The van der Waals surface area contributed by atoms with Crippen LogP contribution < -0.4 is 0 Å². The number of hydrogen-bond acceptors (Lipinski definition) is 1. The topological polar surface area (TPSA) is 0 Å². The third-order valence-electron chi connectivity index (χ3n) is 2.84. The molecule has 1 heterocycles. The van der Waals surface area contributed by atoms with Crippen molar-refractivity contribution in [2.45, 2.75) is 0 Å². The molecule has 20 heavy (non-hydrogen) atoms. The average molecular weight is 295 g/mol. The van der Waals surface area contributed by atoms with Crippen molar-refractivity contribution >= 4 is 22.9 Å². The van der Waals surface area contributed by atoms with Gasteiger partial charge in [0, 0.05) is 15.5 Å². The van der Waals surface area contributed by atoms with Crippen molar-refractivity contribution in [1.82, 2.24) is 0 Å². The maximum absolute atomic E-state index is 5.85. The summed E-state index contributed by atoms with van der Waals surface area (Å²) in [7, 11) is 0. The van der Waals surface area contributed by atoms with Gasteiger partial charge in [-0.05, 0) is 42.0 Å². The van der Waals surface area contributed by atoms with E-state index in [0.29, 0.717) is 0 Å². The van der Waals surface area contributed by atoms with Crippen LogP contribution in [0, 0.1) is 11.8 Å². The van der Waals surface area contributed by atoms with Crippen molar-refractivity contribution < 1.29 is 0 Å². The lowest BCUT2D eigenvalue weighted by molar-refractivity contribution is 1.65. The molecule has 0 radical (unpaired) electrons. The smallest absolute Gasteiger partial charge is 0.0778 e. The molecule has 0 saturated heterocycles. The summed E-state index contributed by atoms with van der Waals surface area (Å²) in [4.78, 5) is 2.31. The molecule has 0 fully saturated rings. The van der Waals surface area contributed by atoms with Gasteiger partial charge >= 0.3 is 0 Å². The molecule has 0 nitrogen and oxygen atoms in total. The number of benzene rings is 2. The predicted octanol–water partition coefficient (Wildman–Crippen LogP) is 5.47. The molecule has 0 aliphatic heterocycles. The van der Waals surface area contributed by atoms with Gasteiger partial charge in [0.25, 0.3) is 0 Å². The molecule has 1 aromatic heterocycles. The Morgan fingerprint density at radius 2 is 1.50 bits per heavy atom. The first-order valence-electron chi connectivity index (χ1n) is 6.24. The molecule has 2 heteroatoms. The largest absolute Gasteiger partial charge is 0.127 e. The van der Waals surface area contributed by atoms with Crippen molar-refractivity contribution in [3.63, 3.8) is 0 Å². The van der Waals surface area contributed by atoms with Gasteiger partial charge in [0.2, 0.25) is 0 Å². The summed E-state index contributed by atoms with van der Waals surface area (Å²) in [6.07, 6.45) is 0. The molecule has 0 amide bonds. The highest BCUT2D eigenvalue weighted by Crippen LogP contribution is 2.27. The summed E-state index contributed by atoms with van der Waals surface area (Å²) in [6.45, 7) is 0. The number of thiophene rings is 1. The van der Waals surface area contributed by atoms with Crippen molar-refractivity contribution in [3.05, 3.63) is 82.2 Å². The van der Waals surface area contributed by atoms with Crippen molar-refractivity contribution in [2.24, 2.45) is 0 Å². The van der Waals surface area contributed by atoms with Crippen molar-refractivity contribution in [3.8, 4) is 22.3 Å². The predicted molar refractivity (Wildman–Crippen MR) is 87.2 cm³/mol. The van der Waals surface area contributed by atoms with Crippen LogP contribution in [0.4, 0.5) is 0 Å². The fraction of sp³-hybridized carbons (Fsp3) is 0. The molecule has 0 aliphatic carbocycles. The van der Waals surface area contributed by atoms with Crippen LogP contribution in [0.5, 0.6) is 0 Å². The molecule has 0 bridgehead atoms. The third-order valence-corrected chi connectivity index (χ3v) is 4.14. The summed E-state index contributed by atoms with van der Waals surface area (Å²) in [5, 5.41) is 0.734. The van der Waals surface area contributed by atoms with Crippen molar-refractivity contribution in [2.75, 3.05) is 0 Å². The first kappa shape index (κ1) is 13.0. The molecule has 0 saturated carbocycles. The lowest BCUT2D eigenvalue weighted by atomic mass is 10.2. The molecule has 0 aliphatic rings. The highest BCUT2D eigenvalue weighted by atomic mass is 35.5. The summed E-state index contributed by atoms with van der Waals surface area (Å²) in [5.41, 5.74) is 2.21. The van der Waals surface area contributed by atoms with Gasteiger partial charge in [-0.2, -0.15) is 0 Å². The Balaban J connectivity index is 1.83. The Bertz CT molecular complexity index is 758. The number of rotatable bonds is 1. The van der Waals surface area contributed by atoms with E-state index in [1.165, 1.54) is 10.4 Å². The van der Waals surface area contributed by atoms with Gasteiger partial charge in [0.05, 0.1) is 4.88 Å². The first-order chi connectivity index (χ1) is 9.81. The molecule has 0 spiro atoms. The van der Waals surface area contributed by atoms with Gasteiger partial charge < -0.3 is 0 Å². The molecule has 96 valence electrons. The van der Waals surface area contributed by atoms with Crippen LogP contribution in [0.2, 0.25) is 5.02 Å². The van der Waals surface area contributed by atoms with Crippen molar-refractivity contribution in [1.29, 1.82) is 0 Å². The summed E-state index contributed by atoms with van der Waals surface area (Å²) in [6, 6.07) is 22.1. The zero-order valence-corrected chi connectivity index (χ0v) is 12.2. The van der Waals surface area contributed by atoms with Gasteiger partial charge in [-0.1, -0.05) is 53.8 Å². The maximum Gasteiger partial charge on any atom is 0.0778 e. The van der Waals surface area contributed by atoms with E-state index in [1.54, 1.807) is 11.3 Å². The number of halogens is 1. The van der Waals surface area contributed by atoms with Crippen LogP contribution in [0.25, 0.3) is 10.4 Å². The normalized spacial score (nSPS) is 9.85. The molecular formula is C18H11ClS. The molecule has 0 unspecified atom stereocenters. The van der Waals surface area contributed by atoms with E-state index in [0.717, 1.165) is 15.5 Å². The van der Waals surface area contributed by atoms with E-state index >= 15 is 0 Å². The van der Waals surface area contributed by atoms with E-state index in [1.807, 2.05) is 42.5 Å². The van der Waals surface area contributed by atoms with Crippen LogP contribution in [0.1, 0.15) is 10.4 Å². The van der Waals surface area contributed by atoms with E-state index < -0.39 is 0 Å². The van der Waals surface area contributed by atoms with Gasteiger partial charge in [0.1, 0.15) is 0 Å². The molecular weight excluding hydrogens is 284 g/mol. The van der Waals surface area contributed by atoms with Crippen LogP contribution >= 0.6 is 22.9 Å². The monoisotopic (exact) mass is 294 g/mol. The molecule has 0 N–H and O–H groups in total. The van der Waals surface area contributed by atoms with Gasteiger partial charge in [-0.3, -0.25) is 0 Å². The van der Waals surface area contributed by atoms with Crippen LogP contribution in [0.3, 0.4) is 0 Å². The molecule has 2 aromatic carbocycles. The Morgan fingerprint density at radius 3 is 2.25 bits per heavy atom. The minimum absolute atomic E-state index is 0.734. The highest BCUT2D eigenvalue weighted by molar-refractivity contribution is 7.16. The van der Waals surface area contributed by atoms with Crippen LogP contribution in [0.15, 0.2) is 66.7 Å². The first-order valence-corrected chi connectivity index (χ1v) is 7.43. The van der Waals surface area contributed by atoms with E-state index in [2.05, 4.69) is 36.1 Å². The number of hydrogen-bond donors (Lipinski definition) is 0. The van der Waals surface area contributed by atoms with E-state index in [9.17, 15) is 0 Å². The summed E-state index contributed by atoms with van der Waals surface area (Å²) in [5.74, 6) is 6.35. The standard InChI is InChI=1S/C18H11ClS/c19-16-9-6-14(7-10-16)8-11-17-12-13-18(20-17)15-4-2-1-3-5-15/h1-7,9-10,12-13H. The second-order valence-electron chi connectivity index (χ2n) is 4.29. The van der Waals surface area contributed by atoms with Gasteiger partial charge in [-0.25, -0.2) is 0 Å². The highest BCUT2D eigenvalue weighted by Gasteiger charge is 2.00. The minimum atomic E-state index is 0.734. The quantitative estimate of drug-likeness (QED) is 0.522. The second kappa shape index (κ2) is 5.96. The fourth-order valence-corrected chi connectivity index (χ4v) is 2.82. The van der Waals surface area contributed by atoms with Crippen LogP contribution in [-0.4, -0.2) is 0 Å². The van der Waals surface area contributed by atoms with Gasteiger partial charge in [0.15, 0.2) is 0 Å².